The van der Waals surface area contributed by atoms with Crippen LogP contribution in [0.4, 0.5) is 0 Å². The van der Waals surface area contributed by atoms with E-state index in [1.807, 2.05) is 6.20 Å². The molecule has 2 atom stereocenters. The van der Waals surface area contributed by atoms with Gasteiger partial charge in [0.05, 0.1) is 4.24 Å². The van der Waals surface area contributed by atoms with Crippen molar-refractivity contribution in [1.82, 2.24) is 20.3 Å². The molecule has 0 aromatic heterocycles. The molecular formula is C11H15N5O3S3. The minimum absolute atomic E-state index is 0.102. The van der Waals surface area contributed by atoms with Crippen LogP contribution in [-0.2, 0) is 9.59 Å². The molecule has 11 heteroatoms. The Kier molecular flexibility index (Phi) is 4.61. The first kappa shape index (κ1) is 16.0. The number of hydrazine groups is 2. The minimum Gasteiger partial charge on any atom is -0.477 e. The highest BCUT2D eigenvalue weighted by Gasteiger charge is 2.51. The number of thioether (sulfide) groups is 2. The SMILES string of the molecule is CNN1NC=C(SCC2=C(C(=O)O)N3C(=O)C(N)[C@@H]3SC2)S1. The maximum Gasteiger partial charge on any atom is 0.352 e. The Morgan fingerprint density at radius 3 is 3.09 bits per heavy atom. The third kappa shape index (κ3) is 2.72. The largest absolute Gasteiger partial charge is 0.477 e. The van der Waals surface area contributed by atoms with E-state index in [9.17, 15) is 14.7 Å². The Balaban J connectivity index is 1.71. The lowest BCUT2D eigenvalue weighted by atomic mass is 10.0. The van der Waals surface area contributed by atoms with Crippen molar-refractivity contribution in [3.63, 3.8) is 0 Å². The van der Waals surface area contributed by atoms with Gasteiger partial charge in [0, 0.05) is 36.7 Å². The summed E-state index contributed by atoms with van der Waals surface area (Å²) < 4.78 is 2.75. The highest BCUT2D eigenvalue weighted by atomic mass is 32.2. The molecule has 0 aromatic carbocycles. The van der Waals surface area contributed by atoms with E-state index in [-0.39, 0.29) is 17.0 Å². The Morgan fingerprint density at radius 1 is 1.68 bits per heavy atom. The number of amides is 1. The quantitative estimate of drug-likeness (QED) is 0.385. The molecule has 3 heterocycles. The van der Waals surface area contributed by atoms with E-state index < -0.39 is 12.0 Å². The molecule has 0 saturated carbocycles. The van der Waals surface area contributed by atoms with Crippen LogP contribution >= 0.6 is 35.5 Å². The van der Waals surface area contributed by atoms with E-state index in [1.165, 1.54) is 40.4 Å². The fraction of sp³-hybridized carbons (Fsp3) is 0.455. The smallest absolute Gasteiger partial charge is 0.352 e. The zero-order chi connectivity index (χ0) is 15.9. The van der Waals surface area contributed by atoms with E-state index in [2.05, 4.69) is 10.9 Å². The van der Waals surface area contributed by atoms with Gasteiger partial charge >= 0.3 is 5.97 Å². The first-order chi connectivity index (χ1) is 10.5. The van der Waals surface area contributed by atoms with Crippen molar-refractivity contribution in [2.75, 3.05) is 18.6 Å². The summed E-state index contributed by atoms with van der Waals surface area (Å²) in [7, 11) is 1.79. The number of hydrogen-bond donors (Lipinski definition) is 4. The van der Waals surface area contributed by atoms with E-state index in [0.29, 0.717) is 11.5 Å². The molecular weight excluding hydrogens is 346 g/mol. The van der Waals surface area contributed by atoms with Gasteiger partial charge in [0.1, 0.15) is 17.1 Å². The molecule has 0 aromatic rings. The molecule has 1 amide bonds. The van der Waals surface area contributed by atoms with Crippen LogP contribution in [0.5, 0.6) is 0 Å². The summed E-state index contributed by atoms with van der Waals surface area (Å²) in [6.45, 7) is 0. The number of nitrogens with one attached hydrogen (secondary N) is 2. The van der Waals surface area contributed by atoms with Gasteiger partial charge in [-0.1, -0.05) is 4.52 Å². The van der Waals surface area contributed by atoms with Gasteiger partial charge in [0.2, 0.25) is 5.91 Å². The summed E-state index contributed by atoms with van der Waals surface area (Å²) in [6.07, 6.45) is 1.84. The molecule has 1 saturated heterocycles. The summed E-state index contributed by atoms with van der Waals surface area (Å²) in [4.78, 5) is 24.7. The van der Waals surface area contributed by atoms with Crippen LogP contribution in [0.15, 0.2) is 21.7 Å². The molecule has 5 N–H and O–H groups in total. The van der Waals surface area contributed by atoms with Gasteiger partial charge < -0.3 is 16.3 Å². The van der Waals surface area contributed by atoms with E-state index in [0.717, 1.165) is 9.81 Å². The van der Waals surface area contributed by atoms with Crippen LogP contribution in [0.25, 0.3) is 0 Å². The lowest BCUT2D eigenvalue weighted by Crippen LogP contribution is -2.68. The highest BCUT2D eigenvalue weighted by molar-refractivity contribution is 8.21. The molecule has 1 unspecified atom stereocenters. The molecule has 120 valence electrons. The van der Waals surface area contributed by atoms with Gasteiger partial charge in [0.15, 0.2) is 0 Å². The highest BCUT2D eigenvalue weighted by Crippen LogP contribution is 2.42. The number of carboxylic acids is 1. The minimum atomic E-state index is -1.07. The van der Waals surface area contributed by atoms with Crippen molar-refractivity contribution < 1.29 is 14.7 Å². The number of aliphatic carboxylic acids is 1. The van der Waals surface area contributed by atoms with E-state index in [4.69, 9.17) is 5.73 Å². The average molecular weight is 361 g/mol. The van der Waals surface area contributed by atoms with Crippen molar-refractivity contribution >= 4 is 47.3 Å². The number of nitrogens with zero attached hydrogens (tertiary/aromatic N) is 2. The Hall–Kier alpha value is -0.850. The molecule has 3 aliphatic heterocycles. The van der Waals surface area contributed by atoms with Crippen LogP contribution in [0, 0.1) is 0 Å². The summed E-state index contributed by atoms with van der Waals surface area (Å²) >= 11 is 4.54. The molecule has 3 aliphatic rings. The number of carboxylic acid groups (broad SMARTS) is 1. The number of carbonyl (C=O) groups is 2. The van der Waals surface area contributed by atoms with Crippen LogP contribution in [0.3, 0.4) is 0 Å². The molecule has 8 nitrogen and oxygen atoms in total. The van der Waals surface area contributed by atoms with Crippen LogP contribution in [0.1, 0.15) is 0 Å². The van der Waals surface area contributed by atoms with Gasteiger partial charge in [-0.15, -0.1) is 23.5 Å². The zero-order valence-corrected chi connectivity index (χ0v) is 14.1. The van der Waals surface area contributed by atoms with Crippen molar-refractivity contribution in [3.8, 4) is 0 Å². The molecule has 0 bridgehead atoms. The maximum absolute atomic E-state index is 11.8. The average Bonchev–Trinajstić information content (AvgIpc) is 2.99. The van der Waals surface area contributed by atoms with E-state index in [1.54, 1.807) is 11.6 Å². The summed E-state index contributed by atoms with van der Waals surface area (Å²) in [5.41, 5.74) is 12.5. The third-order valence-electron chi connectivity index (χ3n) is 3.36. The fourth-order valence-electron chi connectivity index (χ4n) is 2.28. The van der Waals surface area contributed by atoms with Crippen molar-refractivity contribution in [3.05, 3.63) is 21.7 Å². The molecule has 1 fully saturated rings. The second-order valence-electron chi connectivity index (χ2n) is 4.68. The van der Waals surface area contributed by atoms with Gasteiger partial charge in [-0.05, 0) is 5.57 Å². The molecule has 0 radical (unpaired) electrons. The lowest BCUT2D eigenvalue weighted by molar-refractivity contribution is -0.147. The second kappa shape index (κ2) is 6.34. The third-order valence-corrected chi connectivity index (χ3v) is 6.97. The normalized spacial score (nSPS) is 28.2. The number of β-lactam (4-membered cyclic amide) rings is 1. The summed E-state index contributed by atoms with van der Waals surface area (Å²) in [5, 5.41) is 9.20. The summed E-state index contributed by atoms with van der Waals surface area (Å²) in [5.74, 6) is -0.269. The Labute approximate surface area is 140 Å². The fourth-order valence-corrected chi connectivity index (χ4v) is 5.49. The summed E-state index contributed by atoms with van der Waals surface area (Å²) in [6, 6.07) is -0.588. The molecule has 0 spiro atoms. The first-order valence-electron chi connectivity index (χ1n) is 6.43. The van der Waals surface area contributed by atoms with Gasteiger partial charge in [-0.3, -0.25) is 9.69 Å². The standard InChI is InChI=1S/C11H15N5O3S3/c1-13-16-14-2-6(22-16)20-3-5-4-21-10-7(12)9(17)15(10)8(5)11(18)19/h2,7,10,13-14H,3-4,12H2,1H3,(H,18,19)/t7?,10-/m0/s1. The van der Waals surface area contributed by atoms with E-state index >= 15 is 0 Å². The first-order valence-corrected chi connectivity index (χ1v) is 9.24. The predicted molar refractivity (Wildman–Crippen MR) is 87.9 cm³/mol. The number of fused-ring (bicyclic) bond motifs is 1. The Bertz CT molecular complexity index is 581. The number of carbonyl (C=O) groups excluding carboxylic acids is 1. The number of nitrogens with two attached hydrogens (primary N) is 1. The zero-order valence-electron chi connectivity index (χ0n) is 11.6. The van der Waals surface area contributed by atoms with Gasteiger partial charge in [-0.25, -0.2) is 10.2 Å². The van der Waals surface area contributed by atoms with Crippen molar-refractivity contribution in [1.29, 1.82) is 0 Å². The van der Waals surface area contributed by atoms with Crippen LogP contribution in [-0.4, -0.2) is 56.4 Å². The molecule has 3 rings (SSSR count). The van der Waals surface area contributed by atoms with Crippen molar-refractivity contribution in [2.45, 2.75) is 11.4 Å². The predicted octanol–water partition coefficient (Wildman–Crippen LogP) is -0.298. The molecule has 22 heavy (non-hydrogen) atoms. The lowest BCUT2D eigenvalue weighted by Gasteiger charge is -2.48. The van der Waals surface area contributed by atoms with Crippen LogP contribution in [0.2, 0.25) is 0 Å². The van der Waals surface area contributed by atoms with Gasteiger partial charge in [-0.2, -0.15) is 0 Å². The molecule has 0 aliphatic carbocycles. The van der Waals surface area contributed by atoms with Crippen LogP contribution < -0.4 is 16.6 Å². The van der Waals surface area contributed by atoms with Crippen molar-refractivity contribution in [2.24, 2.45) is 5.73 Å². The number of rotatable bonds is 5. The monoisotopic (exact) mass is 361 g/mol. The topological polar surface area (TPSA) is 111 Å². The van der Waals surface area contributed by atoms with Gasteiger partial charge in [0.25, 0.3) is 0 Å². The second-order valence-corrected chi connectivity index (χ2v) is 8.05. The maximum atomic E-state index is 11.8. The Morgan fingerprint density at radius 2 is 2.45 bits per heavy atom. The number of hydrogen-bond acceptors (Lipinski definition) is 9.